The molecule has 9 nitrogen and oxygen atoms in total. The summed E-state index contributed by atoms with van der Waals surface area (Å²) in [4.78, 5) is 25.7. The minimum atomic E-state index is -0.273. The zero-order valence-electron chi connectivity index (χ0n) is 20.1. The Hall–Kier alpha value is -4.40. The van der Waals surface area contributed by atoms with Crippen LogP contribution < -0.4 is 15.4 Å². The van der Waals surface area contributed by atoms with Crippen molar-refractivity contribution in [1.82, 2.24) is 19.6 Å². The van der Waals surface area contributed by atoms with Crippen LogP contribution in [0.3, 0.4) is 0 Å². The van der Waals surface area contributed by atoms with Crippen molar-refractivity contribution in [3.8, 4) is 11.4 Å². The van der Waals surface area contributed by atoms with Gasteiger partial charge in [0.15, 0.2) is 5.69 Å². The lowest BCUT2D eigenvalue weighted by Crippen LogP contribution is -2.19. The largest absolute Gasteiger partial charge is 0.497 e. The van der Waals surface area contributed by atoms with Gasteiger partial charge in [0.05, 0.1) is 24.7 Å². The number of carbonyl (C=O) groups excluding carboxylic acids is 2. The standard InChI is InChI=1S/C27H28N6O3/c1-36-22-14-12-19(13-15-22)29-25(34)18-32-17-20(16-28-32)30-27(35)26-23-10-6-3-7-11-24(23)33(31-26)21-8-4-2-5-9-21/h2,4-5,8-9,12-17H,3,6-7,10-11,18H2,1H3,(H,29,34)(H,30,35). The maximum absolute atomic E-state index is 13.3. The summed E-state index contributed by atoms with van der Waals surface area (Å²) in [5, 5.41) is 14.7. The van der Waals surface area contributed by atoms with Gasteiger partial charge < -0.3 is 15.4 Å². The molecule has 0 aliphatic heterocycles. The van der Waals surface area contributed by atoms with Crippen LogP contribution in [0.4, 0.5) is 11.4 Å². The minimum Gasteiger partial charge on any atom is -0.497 e. The number of nitrogens with one attached hydrogen (secondary N) is 2. The van der Waals surface area contributed by atoms with Gasteiger partial charge in [0.25, 0.3) is 5.91 Å². The summed E-state index contributed by atoms with van der Waals surface area (Å²) in [5.74, 6) is 0.212. The smallest absolute Gasteiger partial charge is 0.276 e. The first-order valence-electron chi connectivity index (χ1n) is 12.0. The van der Waals surface area contributed by atoms with E-state index in [4.69, 9.17) is 9.84 Å². The number of rotatable bonds is 7. The molecule has 2 aromatic heterocycles. The van der Waals surface area contributed by atoms with Crippen LogP contribution in [0.2, 0.25) is 0 Å². The number of aromatic nitrogens is 4. The van der Waals surface area contributed by atoms with E-state index in [0.717, 1.165) is 49.0 Å². The zero-order valence-corrected chi connectivity index (χ0v) is 20.1. The molecule has 2 aromatic carbocycles. The van der Waals surface area contributed by atoms with Gasteiger partial charge in [-0.15, -0.1) is 0 Å². The fourth-order valence-corrected chi connectivity index (χ4v) is 4.47. The second kappa shape index (κ2) is 10.5. The van der Waals surface area contributed by atoms with Gasteiger partial charge in [-0.3, -0.25) is 14.3 Å². The summed E-state index contributed by atoms with van der Waals surface area (Å²) >= 11 is 0. The average Bonchev–Trinajstić information content (AvgIpc) is 3.40. The number of fused-ring (bicyclic) bond motifs is 1. The zero-order chi connectivity index (χ0) is 24.9. The number of hydrogen-bond acceptors (Lipinski definition) is 5. The molecule has 0 bridgehead atoms. The first-order valence-corrected chi connectivity index (χ1v) is 12.0. The fraction of sp³-hybridized carbons (Fsp3) is 0.259. The number of nitrogens with zero attached hydrogens (tertiary/aromatic N) is 4. The SMILES string of the molecule is COc1ccc(NC(=O)Cn2cc(NC(=O)c3nn(-c4ccccc4)c4c3CCCCC4)cn2)cc1. The summed E-state index contributed by atoms with van der Waals surface area (Å²) in [5.41, 5.74) is 4.69. The molecule has 5 rings (SSSR count). The van der Waals surface area contributed by atoms with Crippen molar-refractivity contribution in [1.29, 1.82) is 0 Å². The fourth-order valence-electron chi connectivity index (χ4n) is 4.47. The first-order chi connectivity index (χ1) is 17.6. The molecule has 0 fully saturated rings. The molecule has 0 radical (unpaired) electrons. The van der Waals surface area contributed by atoms with Crippen LogP contribution in [0.25, 0.3) is 5.69 Å². The van der Waals surface area contributed by atoms with Gasteiger partial charge >= 0.3 is 0 Å². The predicted octanol–water partition coefficient (Wildman–Crippen LogP) is 4.24. The molecule has 0 saturated heterocycles. The van der Waals surface area contributed by atoms with E-state index in [2.05, 4.69) is 15.7 Å². The van der Waals surface area contributed by atoms with Crippen LogP contribution in [0.5, 0.6) is 5.75 Å². The molecular weight excluding hydrogens is 456 g/mol. The van der Waals surface area contributed by atoms with E-state index in [0.29, 0.717) is 22.8 Å². The van der Waals surface area contributed by atoms with Gasteiger partial charge in [-0.25, -0.2) is 4.68 Å². The van der Waals surface area contributed by atoms with Crippen LogP contribution in [-0.4, -0.2) is 38.5 Å². The maximum Gasteiger partial charge on any atom is 0.276 e. The molecule has 0 saturated carbocycles. The number of ether oxygens (including phenoxy) is 1. The number of benzene rings is 2. The van der Waals surface area contributed by atoms with Crippen LogP contribution in [0.1, 0.15) is 41.0 Å². The van der Waals surface area contributed by atoms with Crippen molar-refractivity contribution in [2.24, 2.45) is 0 Å². The molecule has 1 aliphatic carbocycles. The normalized spacial score (nSPS) is 12.9. The van der Waals surface area contributed by atoms with Gasteiger partial charge in [0, 0.05) is 23.1 Å². The third-order valence-corrected chi connectivity index (χ3v) is 6.22. The Morgan fingerprint density at radius 2 is 1.72 bits per heavy atom. The van der Waals surface area contributed by atoms with Crippen LogP contribution >= 0.6 is 0 Å². The monoisotopic (exact) mass is 484 g/mol. The summed E-state index contributed by atoms with van der Waals surface area (Å²) in [6.07, 6.45) is 8.15. The Bertz CT molecular complexity index is 1360. The number of amides is 2. The highest BCUT2D eigenvalue weighted by Gasteiger charge is 2.25. The second-order valence-electron chi connectivity index (χ2n) is 8.74. The topological polar surface area (TPSA) is 103 Å². The Morgan fingerprint density at radius 3 is 2.50 bits per heavy atom. The molecule has 36 heavy (non-hydrogen) atoms. The van der Waals surface area contributed by atoms with Crippen molar-refractivity contribution >= 4 is 23.2 Å². The van der Waals surface area contributed by atoms with Crippen LogP contribution in [0, 0.1) is 0 Å². The van der Waals surface area contributed by atoms with Gasteiger partial charge in [-0.1, -0.05) is 24.6 Å². The third kappa shape index (κ3) is 5.14. The van der Waals surface area contributed by atoms with E-state index in [1.165, 1.54) is 10.9 Å². The minimum absolute atomic E-state index is 0.0138. The van der Waals surface area contributed by atoms with Gasteiger partial charge in [0.1, 0.15) is 12.3 Å². The van der Waals surface area contributed by atoms with E-state index in [-0.39, 0.29) is 18.4 Å². The first kappa shape index (κ1) is 23.3. The number of carbonyl (C=O) groups is 2. The number of hydrogen-bond donors (Lipinski definition) is 2. The van der Waals surface area contributed by atoms with Crippen molar-refractivity contribution in [2.45, 2.75) is 38.6 Å². The van der Waals surface area contributed by atoms with Crippen molar-refractivity contribution < 1.29 is 14.3 Å². The highest BCUT2D eigenvalue weighted by atomic mass is 16.5. The van der Waals surface area contributed by atoms with E-state index < -0.39 is 0 Å². The Labute approximate surface area is 209 Å². The lowest BCUT2D eigenvalue weighted by molar-refractivity contribution is -0.116. The summed E-state index contributed by atoms with van der Waals surface area (Å²) in [6, 6.07) is 17.0. The molecule has 0 unspecified atom stereocenters. The number of para-hydroxylation sites is 1. The molecule has 4 aromatic rings. The second-order valence-corrected chi connectivity index (χ2v) is 8.74. The molecule has 0 spiro atoms. The lowest BCUT2D eigenvalue weighted by atomic mass is 10.1. The number of methoxy groups -OCH3 is 1. The Kier molecular flexibility index (Phi) is 6.79. The van der Waals surface area contributed by atoms with E-state index >= 15 is 0 Å². The molecule has 2 amide bonds. The summed E-state index contributed by atoms with van der Waals surface area (Å²) in [7, 11) is 1.59. The van der Waals surface area contributed by atoms with E-state index in [9.17, 15) is 9.59 Å². The summed E-state index contributed by atoms with van der Waals surface area (Å²) in [6.45, 7) is 0.0138. The van der Waals surface area contributed by atoms with Crippen LogP contribution in [0.15, 0.2) is 67.0 Å². The highest BCUT2D eigenvalue weighted by molar-refractivity contribution is 6.04. The van der Waals surface area contributed by atoms with Gasteiger partial charge in [0.2, 0.25) is 5.91 Å². The predicted molar refractivity (Wildman–Crippen MR) is 137 cm³/mol. The van der Waals surface area contributed by atoms with Crippen LogP contribution in [-0.2, 0) is 24.2 Å². The molecule has 1 aliphatic rings. The number of anilines is 2. The molecule has 2 heterocycles. The molecule has 0 atom stereocenters. The summed E-state index contributed by atoms with van der Waals surface area (Å²) < 4.78 is 8.52. The Morgan fingerprint density at radius 1 is 0.944 bits per heavy atom. The van der Waals surface area contributed by atoms with Crippen molar-refractivity contribution in [3.05, 3.63) is 83.9 Å². The van der Waals surface area contributed by atoms with E-state index in [1.807, 2.05) is 35.0 Å². The molecule has 2 N–H and O–H groups in total. The quantitative estimate of drug-likeness (QED) is 0.382. The van der Waals surface area contributed by atoms with E-state index in [1.54, 1.807) is 37.6 Å². The molecule has 184 valence electrons. The highest BCUT2D eigenvalue weighted by Crippen LogP contribution is 2.27. The Balaban J connectivity index is 1.28. The molecular formula is C27H28N6O3. The third-order valence-electron chi connectivity index (χ3n) is 6.22. The van der Waals surface area contributed by atoms with Crippen molar-refractivity contribution in [3.63, 3.8) is 0 Å². The average molecular weight is 485 g/mol. The van der Waals surface area contributed by atoms with Gasteiger partial charge in [-0.05, 0) is 62.1 Å². The maximum atomic E-state index is 13.3. The van der Waals surface area contributed by atoms with Crippen molar-refractivity contribution in [2.75, 3.05) is 17.7 Å². The molecule has 9 heteroatoms. The van der Waals surface area contributed by atoms with Gasteiger partial charge in [-0.2, -0.15) is 10.2 Å². The lowest BCUT2D eigenvalue weighted by Gasteiger charge is -2.06.